The van der Waals surface area contributed by atoms with Crippen molar-refractivity contribution < 1.29 is 9.59 Å². The summed E-state index contributed by atoms with van der Waals surface area (Å²) in [5.74, 6) is 0.368. The molecule has 2 aliphatic heterocycles. The fraction of sp³-hybridized carbons (Fsp3) is 0.409. The minimum Gasteiger partial charge on any atom is -0.359 e. The molecule has 0 atom stereocenters. The molecule has 30 heavy (non-hydrogen) atoms. The predicted octanol–water partition coefficient (Wildman–Crippen LogP) is 2.91. The van der Waals surface area contributed by atoms with Crippen LogP contribution in [0.4, 0.5) is 11.5 Å². The molecule has 2 amide bonds. The van der Waals surface area contributed by atoms with E-state index < -0.39 is 0 Å². The summed E-state index contributed by atoms with van der Waals surface area (Å²) in [6.07, 6.45) is 5.02. The van der Waals surface area contributed by atoms with Gasteiger partial charge in [0, 0.05) is 17.8 Å². The highest BCUT2D eigenvalue weighted by atomic mass is 35.5. The van der Waals surface area contributed by atoms with Gasteiger partial charge < -0.3 is 20.4 Å². The molecule has 0 saturated carbocycles. The van der Waals surface area contributed by atoms with E-state index in [-0.39, 0.29) is 18.4 Å². The predicted molar refractivity (Wildman–Crippen MR) is 118 cm³/mol. The zero-order valence-electron chi connectivity index (χ0n) is 16.9. The minimum atomic E-state index is -0.170. The summed E-state index contributed by atoms with van der Waals surface area (Å²) >= 11 is 5.96. The van der Waals surface area contributed by atoms with Crippen molar-refractivity contribution in [3.63, 3.8) is 0 Å². The van der Waals surface area contributed by atoms with E-state index in [0.29, 0.717) is 35.2 Å². The number of carbonyl (C=O) groups excluding carboxylic acids is 2. The lowest BCUT2D eigenvalue weighted by Crippen LogP contribution is -2.40. The molecule has 2 N–H and O–H groups in total. The summed E-state index contributed by atoms with van der Waals surface area (Å²) < 4.78 is 0. The molecular formula is C22H26ClN5O2. The summed E-state index contributed by atoms with van der Waals surface area (Å²) in [6.45, 7) is 4.53. The lowest BCUT2D eigenvalue weighted by Gasteiger charge is -2.29. The average molecular weight is 428 g/mol. The van der Waals surface area contributed by atoms with Crippen molar-refractivity contribution in [3.05, 3.63) is 52.7 Å². The van der Waals surface area contributed by atoms with Crippen LogP contribution in [0.5, 0.6) is 0 Å². The van der Waals surface area contributed by atoms with Gasteiger partial charge in [0.05, 0.1) is 24.3 Å². The molecule has 1 aromatic heterocycles. The maximum absolute atomic E-state index is 12.6. The first kappa shape index (κ1) is 20.6. The Hall–Kier alpha value is -2.64. The van der Waals surface area contributed by atoms with Crippen LogP contribution in [0.2, 0.25) is 5.02 Å². The van der Waals surface area contributed by atoms with E-state index in [2.05, 4.69) is 20.5 Å². The molecule has 0 aliphatic carbocycles. The number of aromatic nitrogens is 1. The topological polar surface area (TPSA) is 77.6 Å². The number of nitrogens with zero attached hydrogens (tertiary/aromatic N) is 3. The quantitative estimate of drug-likeness (QED) is 0.664. The minimum absolute atomic E-state index is 0.0672. The first-order chi connectivity index (χ1) is 14.6. The van der Waals surface area contributed by atoms with Crippen molar-refractivity contribution in [2.45, 2.75) is 25.8 Å². The fourth-order valence-corrected chi connectivity index (χ4v) is 3.99. The van der Waals surface area contributed by atoms with E-state index in [4.69, 9.17) is 11.6 Å². The Labute approximate surface area is 181 Å². The maximum atomic E-state index is 12.6. The van der Waals surface area contributed by atoms with Crippen LogP contribution in [-0.2, 0) is 11.3 Å². The second-order valence-electron chi connectivity index (χ2n) is 7.71. The Kier molecular flexibility index (Phi) is 6.50. The van der Waals surface area contributed by atoms with Crippen LogP contribution in [0, 0.1) is 0 Å². The Bertz CT molecular complexity index is 912. The highest BCUT2D eigenvalue weighted by molar-refractivity contribution is 6.30. The van der Waals surface area contributed by atoms with Gasteiger partial charge in [-0.3, -0.25) is 9.59 Å². The zero-order valence-corrected chi connectivity index (χ0v) is 17.6. The Balaban J connectivity index is 1.42. The van der Waals surface area contributed by atoms with Crippen molar-refractivity contribution in [2.24, 2.45) is 0 Å². The van der Waals surface area contributed by atoms with Crippen LogP contribution in [0.3, 0.4) is 0 Å². The summed E-state index contributed by atoms with van der Waals surface area (Å²) in [5, 5.41) is 6.64. The number of rotatable bonds is 7. The molecule has 158 valence electrons. The van der Waals surface area contributed by atoms with Crippen molar-refractivity contribution in [1.29, 1.82) is 0 Å². The molecule has 0 radical (unpaired) electrons. The first-order valence-electron chi connectivity index (χ1n) is 10.4. The number of carbonyl (C=O) groups is 2. The highest BCUT2D eigenvalue weighted by Crippen LogP contribution is 2.30. The number of fused-ring (bicyclic) bond motifs is 1. The van der Waals surface area contributed by atoms with Gasteiger partial charge in [-0.1, -0.05) is 23.7 Å². The molecule has 2 aliphatic rings. The van der Waals surface area contributed by atoms with Crippen molar-refractivity contribution in [1.82, 2.24) is 15.2 Å². The Morgan fingerprint density at radius 3 is 2.73 bits per heavy atom. The van der Waals surface area contributed by atoms with E-state index in [1.165, 1.54) is 12.8 Å². The largest absolute Gasteiger partial charge is 0.359 e. The lowest BCUT2D eigenvalue weighted by molar-refractivity contribution is -0.117. The molecule has 1 aromatic carbocycles. The summed E-state index contributed by atoms with van der Waals surface area (Å²) in [4.78, 5) is 33.6. The number of hydrogen-bond acceptors (Lipinski definition) is 5. The second-order valence-corrected chi connectivity index (χ2v) is 8.15. The molecule has 0 bridgehead atoms. The monoisotopic (exact) mass is 427 g/mol. The standard InChI is InChI=1S/C22H26ClN5O2/c23-18-6-4-16(5-7-18)15-28-19-12-17(13-25-21(19)26-14-20(28)29)22(30)24-8-3-11-27-9-1-2-10-27/h4-7,12-13H,1-3,8-11,14-15H2,(H,24,30)(H,25,26). The number of pyridine rings is 1. The smallest absolute Gasteiger partial charge is 0.252 e. The van der Waals surface area contributed by atoms with E-state index in [0.717, 1.165) is 31.6 Å². The molecule has 3 heterocycles. The Morgan fingerprint density at radius 1 is 1.20 bits per heavy atom. The number of likely N-dealkylation sites (tertiary alicyclic amines) is 1. The molecule has 0 spiro atoms. The first-order valence-corrected chi connectivity index (χ1v) is 10.8. The molecule has 0 unspecified atom stereocenters. The van der Waals surface area contributed by atoms with Crippen LogP contribution < -0.4 is 15.5 Å². The third-order valence-electron chi connectivity index (χ3n) is 5.52. The number of amides is 2. The van der Waals surface area contributed by atoms with Crippen molar-refractivity contribution in [3.8, 4) is 0 Å². The second kappa shape index (κ2) is 9.45. The highest BCUT2D eigenvalue weighted by Gasteiger charge is 2.26. The van der Waals surface area contributed by atoms with Crippen LogP contribution in [0.1, 0.15) is 35.2 Å². The summed E-state index contributed by atoms with van der Waals surface area (Å²) in [7, 11) is 0. The molecule has 2 aromatic rings. The van der Waals surface area contributed by atoms with Gasteiger partial charge in [0.1, 0.15) is 0 Å². The number of nitrogens with one attached hydrogen (secondary N) is 2. The summed E-state index contributed by atoms with van der Waals surface area (Å²) in [5.41, 5.74) is 2.02. The van der Waals surface area contributed by atoms with Gasteiger partial charge in [0.2, 0.25) is 5.91 Å². The fourth-order valence-electron chi connectivity index (χ4n) is 3.87. The Morgan fingerprint density at radius 2 is 1.97 bits per heavy atom. The zero-order chi connectivity index (χ0) is 20.9. The van der Waals surface area contributed by atoms with E-state index >= 15 is 0 Å². The van der Waals surface area contributed by atoms with Gasteiger partial charge in [-0.2, -0.15) is 0 Å². The van der Waals surface area contributed by atoms with E-state index in [9.17, 15) is 9.59 Å². The number of halogens is 1. The van der Waals surface area contributed by atoms with Gasteiger partial charge in [-0.25, -0.2) is 4.98 Å². The normalized spacial score (nSPS) is 16.3. The maximum Gasteiger partial charge on any atom is 0.252 e. The van der Waals surface area contributed by atoms with Crippen LogP contribution in [0.25, 0.3) is 0 Å². The van der Waals surface area contributed by atoms with Gasteiger partial charge >= 0.3 is 0 Å². The van der Waals surface area contributed by atoms with E-state index in [1.54, 1.807) is 29.3 Å². The number of hydrogen-bond donors (Lipinski definition) is 2. The third-order valence-corrected chi connectivity index (χ3v) is 5.77. The SMILES string of the molecule is O=C(NCCCN1CCCC1)c1cnc2c(c1)N(Cc1ccc(Cl)cc1)C(=O)CN2. The molecule has 1 saturated heterocycles. The van der Waals surface area contributed by atoms with Gasteiger partial charge in [-0.15, -0.1) is 0 Å². The van der Waals surface area contributed by atoms with Gasteiger partial charge in [0.15, 0.2) is 5.82 Å². The molecule has 7 nitrogen and oxygen atoms in total. The summed E-state index contributed by atoms with van der Waals surface area (Å²) in [6, 6.07) is 9.12. The van der Waals surface area contributed by atoms with Crippen molar-refractivity contribution >= 4 is 34.9 Å². The molecular weight excluding hydrogens is 402 g/mol. The number of benzene rings is 1. The van der Waals surface area contributed by atoms with Gasteiger partial charge in [0.25, 0.3) is 5.91 Å². The number of anilines is 2. The lowest BCUT2D eigenvalue weighted by atomic mass is 10.1. The third kappa shape index (κ3) is 4.91. The molecule has 1 fully saturated rings. The van der Waals surface area contributed by atoms with E-state index in [1.807, 2.05) is 12.1 Å². The van der Waals surface area contributed by atoms with Crippen LogP contribution in [0.15, 0.2) is 36.5 Å². The van der Waals surface area contributed by atoms with Crippen LogP contribution in [-0.4, -0.2) is 54.4 Å². The van der Waals surface area contributed by atoms with Gasteiger partial charge in [-0.05, 0) is 62.7 Å². The average Bonchev–Trinajstić information content (AvgIpc) is 3.28. The van der Waals surface area contributed by atoms with Crippen molar-refractivity contribution in [2.75, 3.05) is 42.9 Å². The molecule has 4 rings (SSSR count). The van der Waals surface area contributed by atoms with Crippen LogP contribution >= 0.6 is 11.6 Å². The molecule has 8 heteroatoms.